The maximum atomic E-state index is 9.43. The van der Waals surface area contributed by atoms with Crippen molar-refractivity contribution in [1.29, 1.82) is 5.26 Å². The van der Waals surface area contributed by atoms with E-state index in [1.54, 1.807) is 7.11 Å². The summed E-state index contributed by atoms with van der Waals surface area (Å²) in [7, 11) is 1.70. The summed E-state index contributed by atoms with van der Waals surface area (Å²) in [5.74, 6) is 0.820. The molecule has 4 nitrogen and oxygen atoms in total. The molecule has 1 heterocycles. The second-order valence-electron chi connectivity index (χ2n) is 5.56. The summed E-state index contributed by atoms with van der Waals surface area (Å²) in [5.41, 5.74) is 3.12. The fourth-order valence-electron chi connectivity index (χ4n) is 2.72. The standard InChI is InChI=1S/C16H23N3O/c1-12(2)19(8-9-20-3)16-14(11-17)10-13-6-4-5-7-15(13)18-16/h10,12H,4-9H2,1-3H3. The highest BCUT2D eigenvalue weighted by Crippen LogP contribution is 2.27. The van der Waals surface area contributed by atoms with Gasteiger partial charge in [-0.05, 0) is 51.2 Å². The van der Waals surface area contributed by atoms with Crippen LogP contribution in [0.15, 0.2) is 6.07 Å². The number of rotatable bonds is 5. The minimum absolute atomic E-state index is 0.298. The van der Waals surface area contributed by atoms with Crippen LogP contribution in [0.3, 0.4) is 0 Å². The number of hydrogen-bond acceptors (Lipinski definition) is 4. The van der Waals surface area contributed by atoms with Gasteiger partial charge in [-0.3, -0.25) is 0 Å². The average molecular weight is 273 g/mol. The van der Waals surface area contributed by atoms with E-state index >= 15 is 0 Å². The predicted octanol–water partition coefficient (Wildman–Crippen LogP) is 2.69. The molecule has 0 aromatic carbocycles. The van der Waals surface area contributed by atoms with Crippen molar-refractivity contribution in [3.63, 3.8) is 0 Å². The van der Waals surface area contributed by atoms with Crippen molar-refractivity contribution in [2.45, 2.75) is 45.6 Å². The lowest BCUT2D eigenvalue weighted by molar-refractivity contribution is 0.203. The fraction of sp³-hybridized carbons (Fsp3) is 0.625. The molecule has 0 saturated carbocycles. The third-order valence-electron chi connectivity index (χ3n) is 3.83. The Morgan fingerprint density at radius 2 is 2.15 bits per heavy atom. The van der Waals surface area contributed by atoms with Crippen LogP contribution in [0.2, 0.25) is 0 Å². The van der Waals surface area contributed by atoms with Crippen LogP contribution in [-0.4, -0.2) is 31.3 Å². The van der Waals surface area contributed by atoms with Gasteiger partial charge in [0.2, 0.25) is 0 Å². The smallest absolute Gasteiger partial charge is 0.147 e. The van der Waals surface area contributed by atoms with Gasteiger partial charge in [0, 0.05) is 25.4 Å². The largest absolute Gasteiger partial charge is 0.383 e. The minimum Gasteiger partial charge on any atom is -0.383 e. The number of hydrogen-bond donors (Lipinski definition) is 0. The second-order valence-corrected chi connectivity index (χ2v) is 5.56. The van der Waals surface area contributed by atoms with Crippen molar-refractivity contribution in [1.82, 2.24) is 4.98 Å². The highest BCUT2D eigenvalue weighted by molar-refractivity contribution is 5.57. The lowest BCUT2D eigenvalue weighted by Gasteiger charge is -2.29. The minimum atomic E-state index is 0.298. The number of aromatic nitrogens is 1. The molecular formula is C16H23N3O. The summed E-state index contributed by atoms with van der Waals surface area (Å²) in [6.45, 7) is 5.65. The van der Waals surface area contributed by atoms with Crippen molar-refractivity contribution < 1.29 is 4.74 Å². The summed E-state index contributed by atoms with van der Waals surface area (Å²) in [6.07, 6.45) is 4.49. The maximum absolute atomic E-state index is 9.43. The first-order valence-corrected chi connectivity index (χ1v) is 7.35. The molecule has 0 spiro atoms. The normalized spacial score (nSPS) is 13.9. The van der Waals surface area contributed by atoms with Crippen molar-refractivity contribution in [3.05, 3.63) is 22.9 Å². The van der Waals surface area contributed by atoms with E-state index in [9.17, 15) is 5.26 Å². The van der Waals surface area contributed by atoms with Crippen LogP contribution >= 0.6 is 0 Å². The molecule has 1 aliphatic rings. The summed E-state index contributed by atoms with van der Waals surface area (Å²) in [5, 5.41) is 9.43. The highest BCUT2D eigenvalue weighted by atomic mass is 16.5. The Bertz CT molecular complexity index is 505. The molecule has 0 N–H and O–H groups in total. The van der Waals surface area contributed by atoms with Gasteiger partial charge in [-0.2, -0.15) is 5.26 Å². The summed E-state index contributed by atoms with van der Waals surface area (Å²) in [6, 6.07) is 4.65. The second kappa shape index (κ2) is 6.71. The Balaban J connectivity index is 2.39. The molecule has 108 valence electrons. The van der Waals surface area contributed by atoms with Gasteiger partial charge in [0.15, 0.2) is 0 Å². The molecule has 1 aliphatic carbocycles. The van der Waals surface area contributed by atoms with Crippen molar-refractivity contribution in [2.75, 3.05) is 25.2 Å². The van der Waals surface area contributed by atoms with E-state index in [2.05, 4.69) is 24.8 Å². The molecule has 0 atom stereocenters. The maximum Gasteiger partial charge on any atom is 0.147 e. The average Bonchev–Trinajstić information content (AvgIpc) is 2.46. The van der Waals surface area contributed by atoms with E-state index in [1.807, 2.05) is 6.07 Å². The number of aryl methyl sites for hydroxylation is 2. The molecule has 0 aliphatic heterocycles. The first kappa shape index (κ1) is 14.8. The van der Waals surface area contributed by atoms with Crippen molar-refractivity contribution in [2.24, 2.45) is 0 Å². The lowest BCUT2D eigenvalue weighted by atomic mass is 9.94. The number of ether oxygens (including phenoxy) is 1. The Hall–Kier alpha value is -1.60. The van der Waals surface area contributed by atoms with Crippen LogP contribution in [0.1, 0.15) is 43.5 Å². The van der Waals surface area contributed by atoms with Crippen LogP contribution < -0.4 is 4.90 Å². The van der Waals surface area contributed by atoms with E-state index in [-0.39, 0.29) is 0 Å². The quantitative estimate of drug-likeness (QED) is 0.827. The van der Waals surface area contributed by atoms with Gasteiger partial charge in [-0.25, -0.2) is 4.98 Å². The number of nitriles is 1. The van der Waals surface area contributed by atoms with Gasteiger partial charge in [-0.1, -0.05) is 0 Å². The third kappa shape index (κ3) is 3.10. The van der Waals surface area contributed by atoms with E-state index < -0.39 is 0 Å². The predicted molar refractivity (Wildman–Crippen MR) is 80.0 cm³/mol. The molecule has 2 rings (SSSR count). The summed E-state index contributed by atoms with van der Waals surface area (Å²) in [4.78, 5) is 6.97. The zero-order valence-electron chi connectivity index (χ0n) is 12.6. The van der Waals surface area contributed by atoms with Crippen LogP contribution in [0.5, 0.6) is 0 Å². The number of nitrogens with zero attached hydrogens (tertiary/aromatic N) is 3. The molecule has 20 heavy (non-hydrogen) atoms. The summed E-state index contributed by atoms with van der Waals surface area (Å²) >= 11 is 0. The van der Waals surface area contributed by atoms with E-state index in [0.717, 1.165) is 25.2 Å². The van der Waals surface area contributed by atoms with Gasteiger partial charge in [0.25, 0.3) is 0 Å². The number of anilines is 1. The van der Waals surface area contributed by atoms with Crippen LogP contribution in [0.25, 0.3) is 0 Å². The van der Waals surface area contributed by atoms with Crippen LogP contribution in [0, 0.1) is 11.3 Å². The number of methoxy groups -OCH3 is 1. The molecule has 0 bridgehead atoms. The fourth-order valence-corrected chi connectivity index (χ4v) is 2.72. The van der Waals surface area contributed by atoms with Crippen LogP contribution in [0.4, 0.5) is 5.82 Å². The van der Waals surface area contributed by atoms with E-state index in [0.29, 0.717) is 18.2 Å². The van der Waals surface area contributed by atoms with Gasteiger partial charge in [0.1, 0.15) is 11.9 Å². The Morgan fingerprint density at radius 3 is 2.80 bits per heavy atom. The van der Waals surface area contributed by atoms with Crippen LogP contribution in [-0.2, 0) is 17.6 Å². The monoisotopic (exact) mass is 273 g/mol. The molecule has 0 fully saturated rings. The molecule has 0 unspecified atom stereocenters. The first-order valence-electron chi connectivity index (χ1n) is 7.35. The first-order chi connectivity index (χ1) is 9.67. The lowest BCUT2D eigenvalue weighted by Crippen LogP contribution is -2.35. The van der Waals surface area contributed by atoms with Gasteiger partial charge >= 0.3 is 0 Å². The topological polar surface area (TPSA) is 49.1 Å². The van der Waals surface area contributed by atoms with Crippen molar-refractivity contribution >= 4 is 5.82 Å². The SMILES string of the molecule is COCCN(c1nc2c(cc1C#N)CCCC2)C(C)C. The zero-order chi connectivity index (χ0) is 14.5. The Kier molecular flexibility index (Phi) is 4.97. The van der Waals surface area contributed by atoms with Crippen molar-refractivity contribution in [3.8, 4) is 6.07 Å². The Labute approximate surface area is 121 Å². The Morgan fingerprint density at radius 1 is 1.40 bits per heavy atom. The zero-order valence-corrected chi connectivity index (χ0v) is 12.6. The van der Waals surface area contributed by atoms with Gasteiger partial charge < -0.3 is 9.64 Å². The van der Waals surface area contributed by atoms with E-state index in [4.69, 9.17) is 9.72 Å². The molecule has 0 amide bonds. The third-order valence-corrected chi connectivity index (χ3v) is 3.83. The number of pyridine rings is 1. The molecule has 1 aromatic rings. The molecule has 4 heteroatoms. The van der Waals surface area contributed by atoms with Gasteiger partial charge in [0.05, 0.1) is 12.2 Å². The number of fused-ring (bicyclic) bond motifs is 1. The van der Waals surface area contributed by atoms with E-state index in [1.165, 1.54) is 24.1 Å². The van der Waals surface area contributed by atoms with Gasteiger partial charge in [-0.15, -0.1) is 0 Å². The highest BCUT2D eigenvalue weighted by Gasteiger charge is 2.20. The molecule has 1 aromatic heterocycles. The molecule has 0 saturated heterocycles. The summed E-state index contributed by atoms with van der Waals surface area (Å²) < 4.78 is 5.18. The molecule has 0 radical (unpaired) electrons. The molecular weight excluding hydrogens is 250 g/mol.